The number of carbonyl (C=O) groups is 1. The van der Waals surface area contributed by atoms with Crippen LogP contribution in [0.1, 0.15) is 31.7 Å². The summed E-state index contributed by atoms with van der Waals surface area (Å²) in [6.45, 7) is 4.35. The van der Waals surface area contributed by atoms with Gasteiger partial charge in [-0.3, -0.25) is 4.79 Å². The Kier molecular flexibility index (Phi) is 3.25. The number of amides is 1. The zero-order valence-corrected chi connectivity index (χ0v) is 10.4. The van der Waals surface area contributed by atoms with Gasteiger partial charge in [-0.1, -0.05) is 0 Å². The molecule has 0 aliphatic heterocycles. The van der Waals surface area contributed by atoms with E-state index in [0.717, 1.165) is 5.01 Å². The second-order valence-corrected chi connectivity index (χ2v) is 5.56. The molecule has 0 spiro atoms. The Morgan fingerprint density at radius 3 is 2.94 bits per heavy atom. The highest BCUT2D eigenvalue weighted by Gasteiger charge is 2.26. The van der Waals surface area contributed by atoms with Gasteiger partial charge in [0.05, 0.1) is 12.1 Å². The van der Waals surface area contributed by atoms with Crippen molar-refractivity contribution in [1.29, 1.82) is 0 Å². The molecule has 1 aromatic rings. The Morgan fingerprint density at radius 1 is 1.62 bits per heavy atom. The lowest BCUT2D eigenvalue weighted by Gasteiger charge is -2.23. The zero-order chi connectivity index (χ0) is 11.6. The van der Waals surface area contributed by atoms with Crippen LogP contribution in [0, 0.1) is 0 Å². The van der Waals surface area contributed by atoms with Crippen molar-refractivity contribution in [3.8, 4) is 0 Å². The van der Waals surface area contributed by atoms with Gasteiger partial charge in [0.2, 0.25) is 5.91 Å². The number of nitrogens with zero attached hydrogens (tertiary/aromatic N) is 1. The van der Waals surface area contributed by atoms with Crippen LogP contribution in [-0.2, 0) is 10.3 Å². The molecule has 1 heterocycles. The van der Waals surface area contributed by atoms with E-state index in [1.54, 1.807) is 17.5 Å². The number of hydrogen-bond acceptors (Lipinski definition) is 4. The van der Waals surface area contributed by atoms with Gasteiger partial charge in [0.1, 0.15) is 5.01 Å². The summed E-state index contributed by atoms with van der Waals surface area (Å²) in [5.41, 5.74) is -0.378. The van der Waals surface area contributed by atoms with Crippen molar-refractivity contribution in [3.05, 3.63) is 16.6 Å². The van der Waals surface area contributed by atoms with Gasteiger partial charge in [0.15, 0.2) is 0 Å². The molecule has 2 rings (SSSR count). The van der Waals surface area contributed by atoms with Crippen molar-refractivity contribution in [1.82, 2.24) is 15.6 Å². The summed E-state index contributed by atoms with van der Waals surface area (Å²) in [4.78, 5) is 15.9. The van der Waals surface area contributed by atoms with E-state index >= 15 is 0 Å². The summed E-state index contributed by atoms with van der Waals surface area (Å²) >= 11 is 1.56. The maximum absolute atomic E-state index is 11.7. The molecule has 0 atom stereocenters. The summed E-state index contributed by atoms with van der Waals surface area (Å²) in [6, 6.07) is 0.564. The number of nitrogens with one attached hydrogen (secondary N) is 2. The highest BCUT2D eigenvalue weighted by molar-refractivity contribution is 7.09. The highest BCUT2D eigenvalue weighted by Crippen LogP contribution is 2.22. The minimum Gasteiger partial charge on any atom is -0.344 e. The largest absolute Gasteiger partial charge is 0.344 e. The van der Waals surface area contributed by atoms with Crippen LogP contribution in [0.5, 0.6) is 0 Å². The SMILES string of the molecule is CC(C)(NC(=O)CNC1CC1)c1nccs1. The molecule has 1 aromatic heterocycles. The van der Waals surface area contributed by atoms with E-state index in [9.17, 15) is 4.79 Å². The molecule has 1 aliphatic rings. The van der Waals surface area contributed by atoms with Crippen molar-refractivity contribution in [2.45, 2.75) is 38.3 Å². The average Bonchev–Trinajstić information content (AvgIpc) is 2.85. The van der Waals surface area contributed by atoms with Gasteiger partial charge in [0, 0.05) is 17.6 Å². The first kappa shape index (κ1) is 11.5. The molecule has 1 fully saturated rings. The number of thiazole rings is 1. The summed E-state index contributed by atoms with van der Waals surface area (Å²) in [5, 5.41) is 9.04. The van der Waals surface area contributed by atoms with Crippen molar-refractivity contribution >= 4 is 17.2 Å². The molecular weight excluding hydrogens is 222 g/mol. The molecule has 88 valence electrons. The monoisotopic (exact) mass is 239 g/mol. The fourth-order valence-electron chi connectivity index (χ4n) is 1.50. The first-order valence-electron chi connectivity index (χ1n) is 5.52. The van der Waals surface area contributed by atoms with E-state index in [0.29, 0.717) is 12.6 Å². The number of rotatable bonds is 5. The maximum Gasteiger partial charge on any atom is 0.234 e. The Labute approximate surface area is 99.5 Å². The summed E-state index contributed by atoms with van der Waals surface area (Å²) in [7, 11) is 0. The van der Waals surface area contributed by atoms with Crippen molar-refractivity contribution in [2.24, 2.45) is 0 Å². The lowest BCUT2D eigenvalue weighted by molar-refractivity contribution is -0.121. The molecule has 0 radical (unpaired) electrons. The van der Waals surface area contributed by atoms with Crippen LogP contribution in [0.4, 0.5) is 0 Å². The third kappa shape index (κ3) is 3.02. The van der Waals surface area contributed by atoms with Crippen LogP contribution in [0.2, 0.25) is 0 Å². The third-order valence-electron chi connectivity index (χ3n) is 2.55. The van der Waals surface area contributed by atoms with E-state index < -0.39 is 0 Å². The number of hydrogen-bond donors (Lipinski definition) is 2. The molecule has 1 aliphatic carbocycles. The molecule has 2 N–H and O–H groups in total. The molecule has 4 nitrogen and oxygen atoms in total. The van der Waals surface area contributed by atoms with Crippen LogP contribution in [0.3, 0.4) is 0 Å². The molecule has 0 saturated heterocycles. The van der Waals surface area contributed by atoms with Crippen LogP contribution in [0.15, 0.2) is 11.6 Å². The van der Waals surface area contributed by atoms with Gasteiger partial charge < -0.3 is 10.6 Å². The van der Waals surface area contributed by atoms with Crippen LogP contribution in [0.25, 0.3) is 0 Å². The van der Waals surface area contributed by atoms with Gasteiger partial charge >= 0.3 is 0 Å². The third-order valence-corrected chi connectivity index (χ3v) is 3.64. The zero-order valence-electron chi connectivity index (χ0n) is 9.62. The summed E-state index contributed by atoms with van der Waals surface area (Å²) < 4.78 is 0. The normalized spacial score (nSPS) is 16.1. The lowest BCUT2D eigenvalue weighted by atomic mass is 10.1. The molecule has 0 aromatic carbocycles. The number of carbonyl (C=O) groups excluding carboxylic acids is 1. The van der Waals surface area contributed by atoms with Gasteiger partial charge in [-0.05, 0) is 26.7 Å². The van der Waals surface area contributed by atoms with Crippen LogP contribution < -0.4 is 10.6 Å². The number of aromatic nitrogens is 1. The lowest BCUT2D eigenvalue weighted by Crippen LogP contribution is -2.45. The van der Waals surface area contributed by atoms with E-state index in [4.69, 9.17) is 0 Å². The van der Waals surface area contributed by atoms with Gasteiger partial charge in [-0.2, -0.15) is 0 Å². The fourth-order valence-corrected chi connectivity index (χ4v) is 2.22. The molecule has 0 bridgehead atoms. The standard InChI is InChI=1S/C11H17N3OS/c1-11(2,10-12-5-6-16-10)14-9(15)7-13-8-3-4-8/h5-6,8,13H,3-4,7H2,1-2H3,(H,14,15). The Bertz CT molecular complexity index is 357. The van der Waals surface area contributed by atoms with E-state index in [1.807, 2.05) is 19.2 Å². The highest BCUT2D eigenvalue weighted by atomic mass is 32.1. The summed E-state index contributed by atoms with van der Waals surface area (Å²) in [6.07, 6.45) is 4.16. The Balaban J connectivity index is 1.84. The first-order valence-corrected chi connectivity index (χ1v) is 6.40. The van der Waals surface area contributed by atoms with E-state index in [2.05, 4.69) is 15.6 Å². The second kappa shape index (κ2) is 4.51. The smallest absolute Gasteiger partial charge is 0.234 e. The molecular formula is C11H17N3OS. The second-order valence-electron chi connectivity index (χ2n) is 4.67. The average molecular weight is 239 g/mol. The minimum absolute atomic E-state index is 0.0344. The van der Waals surface area contributed by atoms with Gasteiger partial charge in [-0.25, -0.2) is 4.98 Å². The van der Waals surface area contributed by atoms with Gasteiger partial charge in [-0.15, -0.1) is 11.3 Å². The molecule has 16 heavy (non-hydrogen) atoms. The van der Waals surface area contributed by atoms with Crippen molar-refractivity contribution in [3.63, 3.8) is 0 Å². The van der Waals surface area contributed by atoms with E-state index in [1.165, 1.54) is 12.8 Å². The topological polar surface area (TPSA) is 54.0 Å². The Hall–Kier alpha value is -0.940. The molecule has 0 unspecified atom stereocenters. The predicted molar refractivity (Wildman–Crippen MR) is 64.3 cm³/mol. The van der Waals surface area contributed by atoms with Crippen LogP contribution in [-0.4, -0.2) is 23.5 Å². The fraction of sp³-hybridized carbons (Fsp3) is 0.636. The molecule has 1 amide bonds. The molecule has 5 heteroatoms. The maximum atomic E-state index is 11.7. The van der Waals surface area contributed by atoms with Gasteiger partial charge in [0.25, 0.3) is 0 Å². The quantitative estimate of drug-likeness (QED) is 0.813. The van der Waals surface area contributed by atoms with Crippen molar-refractivity contribution in [2.75, 3.05) is 6.54 Å². The molecule has 1 saturated carbocycles. The summed E-state index contributed by atoms with van der Waals surface area (Å²) in [5.74, 6) is 0.0344. The Morgan fingerprint density at radius 2 is 2.38 bits per heavy atom. The first-order chi connectivity index (χ1) is 7.58. The van der Waals surface area contributed by atoms with Crippen molar-refractivity contribution < 1.29 is 4.79 Å². The van der Waals surface area contributed by atoms with Crippen LogP contribution >= 0.6 is 11.3 Å². The predicted octanol–water partition coefficient (Wildman–Crippen LogP) is 1.25. The minimum atomic E-state index is -0.378. The van der Waals surface area contributed by atoms with E-state index in [-0.39, 0.29) is 11.4 Å².